The number of nitrogens with one attached hydrogen (secondary N) is 1. The lowest BCUT2D eigenvalue weighted by molar-refractivity contribution is -0.122. The van der Waals surface area contributed by atoms with Gasteiger partial charge in [0.15, 0.2) is 11.6 Å². The Bertz CT molecular complexity index is 2060. The van der Waals surface area contributed by atoms with Crippen molar-refractivity contribution >= 4 is 33.2 Å². The minimum absolute atomic E-state index is 0.00284. The summed E-state index contributed by atoms with van der Waals surface area (Å²) < 4.78 is 94.5. The molecule has 6 rings (SSSR count). The Morgan fingerprint density at radius 2 is 1.67 bits per heavy atom. The molecule has 2 aliphatic heterocycles. The third-order valence-corrected chi connectivity index (χ3v) is 11.4. The van der Waals surface area contributed by atoms with Crippen LogP contribution in [0, 0.1) is 23.3 Å². The zero-order chi connectivity index (χ0) is 39.4. The predicted molar refractivity (Wildman–Crippen MR) is 198 cm³/mol. The SMILES string of the molecule is CC(C)(C)OC(=O)N1CC(C)(C)Oc2cc(N3CCC4(CC3)C[C@@H](CC(=O)N[C@H](Cc3ccc(F)c(F)c3)CS(C)(=O)=O)c3ccc(F)cc34)c(F)cc21. The molecule has 1 aliphatic carbocycles. The van der Waals surface area contributed by atoms with Crippen molar-refractivity contribution in [2.75, 3.05) is 41.4 Å². The van der Waals surface area contributed by atoms with Crippen molar-refractivity contribution in [2.45, 2.75) is 95.3 Å². The van der Waals surface area contributed by atoms with E-state index in [4.69, 9.17) is 9.47 Å². The number of benzene rings is 3. The highest BCUT2D eigenvalue weighted by Crippen LogP contribution is 2.54. The number of nitrogens with zero attached hydrogens (tertiary/aromatic N) is 2. The number of hydrogen-bond acceptors (Lipinski definition) is 7. The minimum Gasteiger partial charge on any atom is -0.484 e. The Morgan fingerprint density at radius 3 is 2.31 bits per heavy atom. The quantitative estimate of drug-likeness (QED) is 0.239. The Balaban J connectivity index is 1.19. The first-order valence-corrected chi connectivity index (χ1v) is 20.2. The van der Waals surface area contributed by atoms with E-state index >= 15 is 4.39 Å². The summed E-state index contributed by atoms with van der Waals surface area (Å²) in [6, 6.07) is 9.88. The van der Waals surface area contributed by atoms with Crippen LogP contribution in [0.5, 0.6) is 5.75 Å². The molecule has 2 amide bonds. The average Bonchev–Trinajstić information content (AvgIpc) is 3.31. The van der Waals surface area contributed by atoms with E-state index < -0.39 is 73.5 Å². The van der Waals surface area contributed by atoms with Gasteiger partial charge in [-0.1, -0.05) is 12.1 Å². The molecule has 0 unspecified atom stereocenters. The Kier molecular flexibility index (Phi) is 10.5. The van der Waals surface area contributed by atoms with Crippen LogP contribution in [0.15, 0.2) is 48.5 Å². The van der Waals surface area contributed by atoms with Crippen LogP contribution >= 0.6 is 0 Å². The second-order valence-corrected chi connectivity index (χ2v) is 18.8. The number of anilines is 2. The first-order chi connectivity index (χ1) is 25.1. The zero-order valence-electron chi connectivity index (χ0n) is 31.4. The van der Waals surface area contributed by atoms with Gasteiger partial charge in [0.05, 0.1) is 23.7 Å². The van der Waals surface area contributed by atoms with Crippen molar-refractivity contribution in [3.8, 4) is 5.75 Å². The van der Waals surface area contributed by atoms with Crippen molar-refractivity contribution in [3.05, 3.63) is 88.5 Å². The number of halogens is 4. The van der Waals surface area contributed by atoms with E-state index in [9.17, 15) is 31.2 Å². The van der Waals surface area contributed by atoms with Crippen LogP contribution in [-0.4, -0.2) is 69.3 Å². The molecule has 1 saturated heterocycles. The Labute approximate surface area is 313 Å². The summed E-state index contributed by atoms with van der Waals surface area (Å²) in [6.07, 6.45) is 2.03. The second-order valence-electron chi connectivity index (χ2n) is 16.6. The highest BCUT2D eigenvalue weighted by Gasteiger charge is 2.47. The number of carbonyl (C=O) groups is 2. The molecule has 1 spiro atoms. The number of sulfone groups is 1. The van der Waals surface area contributed by atoms with Gasteiger partial charge in [-0.15, -0.1) is 0 Å². The molecular formula is C40H47F4N3O6S. The van der Waals surface area contributed by atoms with Crippen molar-refractivity contribution in [1.82, 2.24) is 5.32 Å². The molecule has 9 nitrogen and oxygen atoms in total. The zero-order valence-corrected chi connectivity index (χ0v) is 32.2. The second kappa shape index (κ2) is 14.4. The van der Waals surface area contributed by atoms with Crippen molar-refractivity contribution in [3.63, 3.8) is 0 Å². The highest BCUT2D eigenvalue weighted by atomic mass is 32.2. The molecule has 3 aromatic carbocycles. The Morgan fingerprint density at radius 1 is 0.963 bits per heavy atom. The smallest absolute Gasteiger partial charge is 0.415 e. The van der Waals surface area contributed by atoms with Gasteiger partial charge in [-0.25, -0.2) is 30.8 Å². The first kappa shape index (κ1) is 39.4. The third kappa shape index (κ3) is 8.79. The summed E-state index contributed by atoms with van der Waals surface area (Å²) in [4.78, 5) is 30.0. The van der Waals surface area contributed by atoms with Crippen LogP contribution in [-0.2, 0) is 31.2 Å². The molecule has 14 heteroatoms. The minimum atomic E-state index is -3.55. The van der Waals surface area contributed by atoms with Crippen LogP contribution < -0.4 is 19.9 Å². The molecule has 3 aromatic rings. The lowest BCUT2D eigenvalue weighted by Gasteiger charge is -2.43. The van der Waals surface area contributed by atoms with E-state index in [1.54, 1.807) is 32.9 Å². The van der Waals surface area contributed by atoms with Crippen LogP contribution in [0.1, 0.15) is 82.9 Å². The lowest BCUT2D eigenvalue weighted by atomic mass is 9.73. The van der Waals surface area contributed by atoms with E-state index in [1.807, 2.05) is 18.7 Å². The summed E-state index contributed by atoms with van der Waals surface area (Å²) >= 11 is 0. The van der Waals surface area contributed by atoms with E-state index in [1.165, 1.54) is 29.2 Å². The lowest BCUT2D eigenvalue weighted by Crippen LogP contribution is -2.50. The number of hydrogen-bond donors (Lipinski definition) is 1. The van der Waals surface area contributed by atoms with Gasteiger partial charge in [-0.05, 0) is 113 Å². The van der Waals surface area contributed by atoms with Gasteiger partial charge >= 0.3 is 6.09 Å². The molecule has 0 aromatic heterocycles. The topological polar surface area (TPSA) is 105 Å². The van der Waals surface area contributed by atoms with Gasteiger partial charge in [0.1, 0.15) is 38.4 Å². The van der Waals surface area contributed by atoms with Crippen LogP contribution in [0.25, 0.3) is 0 Å². The van der Waals surface area contributed by atoms with Gasteiger partial charge in [-0.3, -0.25) is 9.69 Å². The molecule has 0 bridgehead atoms. The van der Waals surface area contributed by atoms with Gasteiger partial charge in [0.2, 0.25) is 5.91 Å². The summed E-state index contributed by atoms with van der Waals surface area (Å²) in [5.41, 5.74) is 0.555. The molecule has 2 heterocycles. The normalized spacial score (nSPS) is 19.5. The monoisotopic (exact) mass is 773 g/mol. The number of ether oxygens (including phenoxy) is 2. The standard InChI is InChI=1S/C40H47F4N3O6S/c1-38(2,3)53-37(49)47-23-39(4,5)52-35-20-33(32(44)19-34(35)47)46-13-11-40(12-14-46)21-25(28-9-8-26(41)18-29(28)40)17-36(48)45-27(22-54(6,50)51)15-24-7-10-30(42)31(43)16-24/h7-10,16,18-20,25,27H,11-15,17,21-23H2,1-6H3,(H,45,48)/t25-,27-/m1/s1. The highest BCUT2D eigenvalue weighted by molar-refractivity contribution is 7.90. The van der Waals surface area contributed by atoms with Crippen LogP contribution in [0.2, 0.25) is 0 Å². The number of amides is 2. The predicted octanol–water partition coefficient (Wildman–Crippen LogP) is 7.34. The van der Waals surface area contributed by atoms with E-state index in [0.29, 0.717) is 49.4 Å². The first-order valence-electron chi connectivity index (χ1n) is 18.1. The molecule has 0 saturated carbocycles. The number of fused-ring (bicyclic) bond motifs is 3. The Hall–Kier alpha value is -4.33. The fourth-order valence-corrected chi connectivity index (χ4v) is 9.12. The fraction of sp³-hybridized carbons (Fsp3) is 0.500. The van der Waals surface area contributed by atoms with Crippen LogP contribution in [0.4, 0.5) is 33.7 Å². The summed E-state index contributed by atoms with van der Waals surface area (Å²) in [7, 11) is -3.55. The average molecular weight is 774 g/mol. The van der Waals surface area contributed by atoms with Crippen LogP contribution in [0.3, 0.4) is 0 Å². The third-order valence-electron chi connectivity index (χ3n) is 10.4. The van der Waals surface area contributed by atoms with Gasteiger partial charge in [0.25, 0.3) is 0 Å². The molecule has 54 heavy (non-hydrogen) atoms. The molecule has 3 aliphatic rings. The maximum Gasteiger partial charge on any atom is 0.415 e. The van der Waals surface area contributed by atoms with Crippen molar-refractivity contribution in [1.29, 1.82) is 0 Å². The van der Waals surface area contributed by atoms with E-state index in [2.05, 4.69) is 5.32 Å². The number of piperidine rings is 1. The summed E-state index contributed by atoms with van der Waals surface area (Å²) in [5.74, 6) is -3.80. The van der Waals surface area contributed by atoms with Crippen molar-refractivity contribution < 1.29 is 45.0 Å². The largest absolute Gasteiger partial charge is 0.484 e. The molecule has 1 fully saturated rings. The van der Waals surface area contributed by atoms with E-state index in [-0.39, 0.29) is 31.0 Å². The van der Waals surface area contributed by atoms with Crippen molar-refractivity contribution in [2.24, 2.45) is 0 Å². The maximum atomic E-state index is 15.9. The molecule has 2 atom stereocenters. The van der Waals surface area contributed by atoms with Gasteiger partial charge < -0.3 is 19.7 Å². The van der Waals surface area contributed by atoms with Gasteiger partial charge in [-0.2, -0.15) is 0 Å². The summed E-state index contributed by atoms with van der Waals surface area (Å²) in [5, 5.41) is 2.80. The fourth-order valence-electron chi connectivity index (χ4n) is 8.19. The number of rotatable bonds is 8. The van der Waals surface area contributed by atoms with Gasteiger partial charge in [0, 0.05) is 43.9 Å². The maximum absolute atomic E-state index is 15.9. The molecule has 292 valence electrons. The molecular weight excluding hydrogens is 727 g/mol. The molecule has 1 N–H and O–H groups in total. The molecule has 0 radical (unpaired) electrons. The van der Waals surface area contributed by atoms with E-state index in [0.717, 1.165) is 29.5 Å². The number of carbonyl (C=O) groups excluding carboxylic acids is 2. The summed E-state index contributed by atoms with van der Waals surface area (Å²) in [6.45, 7) is 9.98.